The summed E-state index contributed by atoms with van der Waals surface area (Å²) in [7, 11) is 0. The number of likely N-dealkylation sites (tertiary alicyclic amines) is 1. The van der Waals surface area contributed by atoms with Gasteiger partial charge in [-0.3, -0.25) is 9.36 Å². The molecule has 0 saturated carbocycles. The maximum Gasteiger partial charge on any atom is 0.224 e. The SMILES string of the molecule is O=C(NCCCN1CCCC1)C1CCCN(c2nnc(-n3cccc3)s2)C1. The average Bonchev–Trinajstić information content (AvgIpc) is 3.47. The van der Waals surface area contributed by atoms with Crippen molar-refractivity contribution in [1.29, 1.82) is 0 Å². The van der Waals surface area contributed by atoms with Crippen LogP contribution in [0.4, 0.5) is 5.13 Å². The summed E-state index contributed by atoms with van der Waals surface area (Å²) in [5, 5.41) is 13.6. The lowest BCUT2D eigenvalue weighted by molar-refractivity contribution is -0.125. The van der Waals surface area contributed by atoms with Gasteiger partial charge in [-0.05, 0) is 63.9 Å². The molecule has 1 atom stereocenters. The van der Waals surface area contributed by atoms with E-state index in [4.69, 9.17) is 0 Å². The number of carbonyl (C=O) groups is 1. The molecule has 2 aromatic heterocycles. The van der Waals surface area contributed by atoms with Gasteiger partial charge in [0.2, 0.25) is 16.2 Å². The van der Waals surface area contributed by atoms with Gasteiger partial charge >= 0.3 is 0 Å². The highest BCUT2D eigenvalue weighted by Crippen LogP contribution is 2.27. The molecular formula is C19H28N6OS. The van der Waals surface area contributed by atoms with Gasteiger partial charge in [0.05, 0.1) is 5.92 Å². The van der Waals surface area contributed by atoms with Crippen LogP contribution in [0.3, 0.4) is 0 Å². The normalized spacial score (nSPS) is 20.9. The number of aromatic nitrogens is 3. The third-order valence-corrected chi connectivity index (χ3v) is 6.44. The van der Waals surface area contributed by atoms with Crippen LogP contribution in [-0.4, -0.2) is 64.8 Å². The van der Waals surface area contributed by atoms with Gasteiger partial charge in [0, 0.05) is 32.0 Å². The Balaban J connectivity index is 1.25. The van der Waals surface area contributed by atoms with Crippen molar-refractivity contribution in [3.05, 3.63) is 24.5 Å². The predicted octanol–water partition coefficient (Wildman–Crippen LogP) is 2.15. The first-order valence-corrected chi connectivity index (χ1v) is 10.8. The minimum atomic E-state index is 0.0458. The van der Waals surface area contributed by atoms with Crippen molar-refractivity contribution in [1.82, 2.24) is 25.0 Å². The van der Waals surface area contributed by atoms with Gasteiger partial charge in [-0.15, -0.1) is 10.2 Å². The highest BCUT2D eigenvalue weighted by molar-refractivity contribution is 7.17. The van der Waals surface area contributed by atoms with E-state index in [1.165, 1.54) is 25.9 Å². The fraction of sp³-hybridized carbons (Fsp3) is 0.632. The van der Waals surface area contributed by atoms with Gasteiger partial charge < -0.3 is 15.1 Å². The summed E-state index contributed by atoms with van der Waals surface area (Å²) < 4.78 is 1.97. The largest absolute Gasteiger partial charge is 0.356 e. The number of amides is 1. The van der Waals surface area contributed by atoms with Crippen molar-refractivity contribution >= 4 is 22.4 Å². The van der Waals surface area contributed by atoms with Gasteiger partial charge in [0.1, 0.15) is 0 Å². The topological polar surface area (TPSA) is 66.3 Å². The third-order valence-electron chi connectivity index (χ3n) is 5.44. The molecule has 2 aliphatic rings. The molecule has 1 amide bonds. The molecule has 7 nitrogen and oxygen atoms in total. The number of hydrogen-bond acceptors (Lipinski definition) is 6. The first-order valence-electron chi connectivity index (χ1n) is 10.0. The van der Waals surface area contributed by atoms with Gasteiger partial charge in [0.15, 0.2) is 0 Å². The number of carbonyl (C=O) groups excluding carboxylic acids is 1. The molecule has 1 N–H and O–H groups in total. The van der Waals surface area contributed by atoms with Crippen LogP contribution in [0.15, 0.2) is 24.5 Å². The molecule has 4 rings (SSSR count). The second kappa shape index (κ2) is 8.84. The molecule has 0 radical (unpaired) electrons. The van der Waals surface area contributed by atoms with Crippen LogP contribution in [0.1, 0.15) is 32.1 Å². The zero-order valence-electron chi connectivity index (χ0n) is 15.7. The van der Waals surface area contributed by atoms with Gasteiger partial charge in [-0.2, -0.15) is 0 Å². The fourth-order valence-corrected chi connectivity index (χ4v) is 4.78. The molecule has 0 aliphatic carbocycles. The van der Waals surface area contributed by atoms with Crippen molar-refractivity contribution in [3.8, 4) is 5.13 Å². The van der Waals surface area contributed by atoms with Crippen LogP contribution in [0.2, 0.25) is 0 Å². The second-order valence-corrected chi connectivity index (χ2v) is 8.37. The molecule has 2 aromatic rings. The third kappa shape index (κ3) is 4.68. The van der Waals surface area contributed by atoms with Crippen molar-refractivity contribution in [2.24, 2.45) is 5.92 Å². The highest BCUT2D eigenvalue weighted by Gasteiger charge is 2.27. The number of piperidine rings is 1. The van der Waals surface area contributed by atoms with Crippen LogP contribution in [-0.2, 0) is 4.79 Å². The second-order valence-electron chi connectivity index (χ2n) is 7.44. The van der Waals surface area contributed by atoms with E-state index >= 15 is 0 Å². The van der Waals surface area contributed by atoms with Crippen LogP contribution < -0.4 is 10.2 Å². The van der Waals surface area contributed by atoms with E-state index in [-0.39, 0.29) is 11.8 Å². The Morgan fingerprint density at radius 1 is 1.11 bits per heavy atom. The Kier molecular flexibility index (Phi) is 6.03. The summed E-state index contributed by atoms with van der Waals surface area (Å²) in [4.78, 5) is 17.3. The first-order chi connectivity index (χ1) is 13.3. The molecule has 146 valence electrons. The Morgan fingerprint density at radius 3 is 2.70 bits per heavy atom. The lowest BCUT2D eigenvalue weighted by Gasteiger charge is -2.31. The maximum absolute atomic E-state index is 12.6. The van der Waals surface area contributed by atoms with Crippen LogP contribution in [0.5, 0.6) is 0 Å². The Bertz CT molecular complexity index is 724. The van der Waals surface area contributed by atoms with E-state index in [2.05, 4.69) is 25.3 Å². The number of hydrogen-bond donors (Lipinski definition) is 1. The van der Waals surface area contributed by atoms with E-state index in [9.17, 15) is 4.79 Å². The van der Waals surface area contributed by atoms with Gasteiger partial charge in [-0.1, -0.05) is 11.3 Å². The van der Waals surface area contributed by atoms with E-state index in [0.29, 0.717) is 0 Å². The highest BCUT2D eigenvalue weighted by atomic mass is 32.1. The van der Waals surface area contributed by atoms with Crippen molar-refractivity contribution in [3.63, 3.8) is 0 Å². The predicted molar refractivity (Wildman–Crippen MR) is 107 cm³/mol. The Morgan fingerprint density at radius 2 is 1.89 bits per heavy atom. The molecule has 0 aromatic carbocycles. The molecule has 2 saturated heterocycles. The van der Waals surface area contributed by atoms with E-state index < -0.39 is 0 Å². The summed E-state index contributed by atoms with van der Waals surface area (Å²) in [5.74, 6) is 0.237. The number of rotatable bonds is 7. The maximum atomic E-state index is 12.6. The van der Waals surface area contributed by atoms with Crippen molar-refractivity contribution in [2.45, 2.75) is 32.1 Å². The molecule has 4 heterocycles. The lowest BCUT2D eigenvalue weighted by atomic mass is 9.97. The zero-order chi connectivity index (χ0) is 18.5. The van der Waals surface area contributed by atoms with Crippen LogP contribution in [0, 0.1) is 5.92 Å². The van der Waals surface area contributed by atoms with Crippen LogP contribution >= 0.6 is 11.3 Å². The molecule has 27 heavy (non-hydrogen) atoms. The smallest absolute Gasteiger partial charge is 0.224 e. The molecule has 1 unspecified atom stereocenters. The fourth-order valence-electron chi connectivity index (χ4n) is 3.93. The standard InChI is InChI=1S/C19H28N6OS/c26-17(20-8-6-11-23-9-1-2-10-23)16-7-5-14-25(15-16)19-22-21-18(27-19)24-12-3-4-13-24/h3-4,12-13,16H,1-2,5-11,14-15H2,(H,20,26). The average molecular weight is 389 g/mol. The summed E-state index contributed by atoms with van der Waals surface area (Å²) in [6, 6.07) is 3.96. The summed E-state index contributed by atoms with van der Waals surface area (Å²) in [6.45, 7) is 6.00. The van der Waals surface area contributed by atoms with E-state index in [1.54, 1.807) is 11.3 Å². The molecule has 2 fully saturated rings. The summed E-state index contributed by atoms with van der Waals surface area (Å²) in [6.07, 6.45) is 9.60. The first kappa shape index (κ1) is 18.4. The molecule has 2 aliphatic heterocycles. The minimum Gasteiger partial charge on any atom is -0.356 e. The lowest BCUT2D eigenvalue weighted by Crippen LogP contribution is -2.43. The molecular weight excluding hydrogens is 360 g/mol. The number of anilines is 1. The van der Waals surface area contributed by atoms with Gasteiger partial charge in [0.25, 0.3) is 0 Å². The quantitative estimate of drug-likeness (QED) is 0.736. The minimum absolute atomic E-state index is 0.0458. The van der Waals surface area contributed by atoms with Crippen molar-refractivity contribution in [2.75, 3.05) is 44.2 Å². The monoisotopic (exact) mass is 388 g/mol. The van der Waals surface area contributed by atoms with E-state index in [0.717, 1.165) is 55.7 Å². The molecule has 0 spiro atoms. The van der Waals surface area contributed by atoms with Crippen LogP contribution in [0.25, 0.3) is 5.13 Å². The number of nitrogens with zero attached hydrogens (tertiary/aromatic N) is 5. The number of nitrogens with one attached hydrogen (secondary N) is 1. The molecule has 8 heteroatoms. The van der Waals surface area contributed by atoms with Gasteiger partial charge in [-0.25, -0.2) is 0 Å². The zero-order valence-corrected chi connectivity index (χ0v) is 16.5. The molecule has 0 bridgehead atoms. The Labute approximate surface area is 164 Å². The summed E-state index contributed by atoms with van der Waals surface area (Å²) >= 11 is 1.58. The van der Waals surface area contributed by atoms with Crippen molar-refractivity contribution < 1.29 is 4.79 Å². The summed E-state index contributed by atoms with van der Waals surface area (Å²) in [5.41, 5.74) is 0. The Hall–Kier alpha value is -1.93. The van der Waals surface area contributed by atoms with E-state index in [1.807, 2.05) is 29.1 Å².